The Morgan fingerprint density at radius 2 is 1.82 bits per heavy atom. The number of nitrogens with one attached hydrogen (secondary N) is 2. The van der Waals surface area contributed by atoms with E-state index in [1.54, 1.807) is 25.3 Å². The Labute approximate surface area is 167 Å². The van der Waals surface area contributed by atoms with Gasteiger partial charge >= 0.3 is 0 Å². The lowest BCUT2D eigenvalue weighted by atomic mass is 10.0. The Morgan fingerprint density at radius 1 is 1.07 bits per heavy atom. The summed E-state index contributed by atoms with van der Waals surface area (Å²) < 4.78 is 4.92. The average Bonchev–Trinajstić information content (AvgIpc) is 2.72. The predicted molar refractivity (Wildman–Crippen MR) is 109 cm³/mol. The fraction of sp³-hybridized carbons (Fsp3) is 0.190. The van der Waals surface area contributed by atoms with Crippen molar-refractivity contribution in [2.45, 2.75) is 12.8 Å². The van der Waals surface area contributed by atoms with Gasteiger partial charge in [-0.2, -0.15) is 0 Å². The normalized spacial score (nSPS) is 10.6. The molecule has 1 aromatic heterocycles. The SMILES string of the molecule is COCCCC(=O)NNC(=O)c1cc(-c2ccc(Cl)cc2)nc2ccccc12. The van der Waals surface area contributed by atoms with Gasteiger partial charge in [0, 0.05) is 36.1 Å². The van der Waals surface area contributed by atoms with E-state index in [0.717, 1.165) is 5.56 Å². The molecule has 0 radical (unpaired) electrons. The van der Waals surface area contributed by atoms with Gasteiger partial charge in [0.2, 0.25) is 5.91 Å². The molecule has 0 aliphatic heterocycles. The quantitative estimate of drug-likeness (QED) is 0.490. The van der Waals surface area contributed by atoms with Crippen LogP contribution in [0.4, 0.5) is 0 Å². The van der Waals surface area contributed by atoms with Crippen molar-refractivity contribution >= 4 is 34.3 Å². The molecule has 0 atom stereocenters. The number of para-hydroxylation sites is 1. The largest absolute Gasteiger partial charge is 0.385 e. The van der Waals surface area contributed by atoms with Crippen LogP contribution in [0.3, 0.4) is 0 Å². The molecule has 144 valence electrons. The maximum Gasteiger partial charge on any atom is 0.270 e. The molecule has 0 saturated heterocycles. The molecular formula is C21H20ClN3O3. The third kappa shape index (κ3) is 4.85. The van der Waals surface area contributed by atoms with Crippen LogP contribution in [0.1, 0.15) is 23.2 Å². The van der Waals surface area contributed by atoms with Gasteiger partial charge in [0.25, 0.3) is 5.91 Å². The van der Waals surface area contributed by atoms with E-state index in [0.29, 0.717) is 40.2 Å². The standard InChI is InChI=1S/C21H20ClN3O3/c1-28-12-4-7-20(26)24-25-21(27)17-13-19(14-8-10-15(22)11-9-14)23-18-6-3-2-5-16(17)18/h2-3,5-6,8-11,13H,4,7,12H2,1H3,(H,24,26)(H,25,27). The van der Waals surface area contributed by atoms with Gasteiger partial charge in [-0.15, -0.1) is 0 Å². The van der Waals surface area contributed by atoms with Crippen molar-refractivity contribution in [3.63, 3.8) is 0 Å². The van der Waals surface area contributed by atoms with Crippen LogP contribution < -0.4 is 10.9 Å². The smallest absolute Gasteiger partial charge is 0.270 e. The summed E-state index contributed by atoms with van der Waals surface area (Å²) in [6.07, 6.45) is 0.846. The van der Waals surface area contributed by atoms with Crippen LogP contribution in [0, 0.1) is 0 Å². The van der Waals surface area contributed by atoms with Crippen LogP contribution in [0.15, 0.2) is 54.6 Å². The van der Waals surface area contributed by atoms with Crippen LogP contribution in [-0.2, 0) is 9.53 Å². The first kappa shape index (κ1) is 19.8. The molecule has 0 bridgehead atoms. The highest BCUT2D eigenvalue weighted by molar-refractivity contribution is 6.30. The maximum absolute atomic E-state index is 12.7. The number of pyridine rings is 1. The fourth-order valence-corrected chi connectivity index (χ4v) is 2.89. The third-order valence-electron chi connectivity index (χ3n) is 4.17. The zero-order valence-corrected chi connectivity index (χ0v) is 16.1. The van der Waals surface area contributed by atoms with Crippen molar-refractivity contribution in [3.8, 4) is 11.3 Å². The van der Waals surface area contributed by atoms with E-state index in [4.69, 9.17) is 16.3 Å². The molecule has 3 aromatic rings. The summed E-state index contributed by atoms with van der Waals surface area (Å²) in [5, 5.41) is 1.32. The van der Waals surface area contributed by atoms with Gasteiger partial charge in [-0.05, 0) is 30.7 Å². The summed E-state index contributed by atoms with van der Waals surface area (Å²) in [6.45, 7) is 0.487. The molecule has 0 aliphatic rings. The summed E-state index contributed by atoms with van der Waals surface area (Å²) in [5.74, 6) is -0.685. The molecule has 6 nitrogen and oxygen atoms in total. The summed E-state index contributed by atoms with van der Waals surface area (Å²) in [7, 11) is 1.58. The minimum Gasteiger partial charge on any atom is -0.385 e. The van der Waals surface area contributed by atoms with Gasteiger partial charge in [0.1, 0.15) is 0 Å². The molecule has 0 spiro atoms. The second kappa shape index (κ2) is 9.30. The number of ether oxygens (including phenoxy) is 1. The highest BCUT2D eigenvalue weighted by Crippen LogP contribution is 2.25. The van der Waals surface area contributed by atoms with E-state index in [9.17, 15) is 9.59 Å². The number of carbonyl (C=O) groups excluding carboxylic acids is 2. The minimum absolute atomic E-state index is 0.265. The van der Waals surface area contributed by atoms with Gasteiger partial charge < -0.3 is 4.74 Å². The summed E-state index contributed by atoms with van der Waals surface area (Å²) >= 11 is 5.96. The van der Waals surface area contributed by atoms with Crippen molar-refractivity contribution in [1.82, 2.24) is 15.8 Å². The number of fused-ring (bicyclic) bond motifs is 1. The van der Waals surface area contributed by atoms with Crippen molar-refractivity contribution in [2.75, 3.05) is 13.7 Å². The van der Waals surface area contributed by atoms with Crippen LogP contribution in [0.2, 0.25) is 5.02 Å². The number of hydrazine groups is 1. The average molecular weight is 398 g/mol. The second-order valence-electron chi connectivity index (χ2n) is 6.18. The third-order valence-corrected chi connectivity index (χ3v) is 4.42. The number of halogens is 1. The molecule has 0 fully saturated rings. The van der Waals surface area contributed by atoms with Crippen LogP contribution in [0.25, 0.3) is 22.2 Å². The Kier molecular flexibility index (Phi) is 6.57. The number of methoxy groups -OCH3 is 1. The Balaban J connectivity index is 1.85. The van der Waals surface area contributed by atoms with E-state index in [2.05, 4.69) is 15.8 Å². The summed E-state index contributed by atoms with van der Waals surface area (Å²) in [6, 6.07) is 16.3. The van der Waals surface area contributed by atoms with Gasteiger partial charge in [0.15, 0.2) is 0 Å². The first-order valence-electron chi connectivity index (χ1n) is 8.82. The Bertz CT molecular complexity index is 990. The number of amides is 2. The van der Waals surface area contributed by atoms with Crippen LogP contribution >= 0.6 is 11.6 Å². The Hall–Kier alpha value is -2.96. The number of hydrogen-bond donors (Lipinski definition) is 2. The highest BCUT2D eigenvalue weighted by Gasteiger charge is 2.14. The van der Waals surface area contributed by atoms with Gasteiger partial charge in [-0.25, -0.2) is 4.98 Å². The predicted octanol–water partition coefficient (Wildman–Crippen LogP) is 3.74. The first-order valence-corrected chi connectivity index (χ1v) is 9.20. The molecule has 2 aromatic carbocycles. The van der Waals surface area contributed by atoms with Crippen molar-refractivity contribution < 1.29 is 14.3 Å². The number of carbonyl (C=O) groups is 2. The Morgan fingerprint density at radius 3 is 2.57 bits per heavy atom. The molecular weight excluding hydrogens is 378 g/mol. The number of aromatic nitrogens is 1. The lowest BCUT2D eigenvalue weighted by molar-refractivity contribution is -0.122. The van der Waals surface area contributed by atoms with E-state index < -0.39 is 5.91 Å². The molecule has 0 aliphatic carbocycles. The zero-order chi connectivity index (χ0) is 19.9. The number of rotatable bonds is 6. The van der Waals surface area contributed by atoms with E-state index in [1.807, 2.05) is 36.4 Å². The lowest BCUT2D eigenvalue weighted by Crippen LogP contribution is -2.41. The van der Waals surface area contributed by atoms with E-state index >= 15 is 0 Å². The highest BCUT2D eigenvalue weighted by atomic mass is 35.5. The maximum atomic E-state index is 12.7. The van der Waals surface area contributed by atoms with Gasteiger partial charge in [0.05, 0.1) is 16.8 Å². The molecule has 7 heteroatoms. The number of hydrogen-bond acceptors (Lipinski definition) is 4. The molecule has 3 rings (SSSR count). The van der Waals surface area contributed by atoms with E-state index in [1.165, 1.54) is 0 Å². The molecule has 1 heterocycles. The summed E-state index contributed by atoms with van der Waals surface area (Å²) in [4.78, 5) is 29.2. The lowest BCUT2D eigenvalue weighted by Gasteiger charge is -2.11. The first-order chi connectivity index (χ1) is 13.6. The minimum atomic E-state index is -0.408. The number of benzene rings is 2. The van der Waals surface area contributed by atoms with Gasteiger partial charge in [-0.1, -0.05) is 41.9 Å². The van der Waals surface area contributed by atoms with Crippen LogP contribution in [-0.4, -0.2) is 30.5 Å². The van der Waals surface area contributed by atoms with E-state index in [-0.39, 0.29) is 12.3 Å². The van der Waals surface area contributed by atoms with Crippen molar-refractivity contribution in [1.29, 1.82) is 0 Å². The molecule has 0 unspecified atom stereocenters. The van der Waals surface area contributed by atoms with Crippen LogP contribution in [0.5, 0.6) is 0 Å². The molecule has 2 N–H and O–H groups in total. The number of nitrogens with zero attached hydrogens (tertiary/aromatic N) is 1. The topological polar surface area (TPSA) is 80.3 Å². The monoisotopic (exact) mass is 397 g/mol. The second-order valence-corrected chi connectivity index (χ2v) is 6.61. The zero-order valence-electron chi connectivity index (χ0n) is 15.4. The molecule has 2 amide bonds. The fourth-order valence-electron chi connectivity index (χ4n) is 2.77. The van der Waals surface area contributed by atoms with Crippen molar-refractivity contribution in [2.24, 2.45) is 0 Å². The summed E-state index contributed by atoms with van der Waals surface area (Å²) in [5.41, 5.74) is 7.51. The molecule has 0 saturated carbocycles. The van der Waals surface area contributed by atoms with Crippen molar-refractivity contribution in [3.05, 3.63) is 65.2 Å². The van der Waals surface area contributed by atoms with Gasteiger partial charge in [-0.3, -0.25) is 20.4 Å². The molecule has 28 heavy (non-hydrogen) atoms.